The number of rotatable bonds is 7. The van der Waals surface area contributed by atoms with Crippen LogP contribution in [0.3, 0.4) is 0 Å². The summed E-state index contributed by atoms with van der Waals surface area (Å²) in [5.41, 5.74) is 2.02. The number of nitrogens with one attached hydrogen (secondary N) is 1. The highest BCUT2D eigenvalue weighted by molar-refractivity contribution is 7.89. The molecule has 1 heterocycles. The van der Waals surface area contributed by atoms with Crippen molar-refractivity contribution >= 4 is 33.5 Å². The fourth-order valence-corrected chi connectivity index (χ4v) is 4.33. The third-order valence-corrected chi connectivity index (χ3v) is 6.35. The molecular weight excluding hydrogens is 424 g/mol. The number of carbonyl (C=O) groups is 1. The molecule has 0 aliphatic heterocycles. The van der Waals surface area contributed by atoms with Crippen LogP contribution in [0.2, 0.25) is 0 Å². The second kappa shape index (κ2) is 9.10. The molecule has 1 aromatic heterocycles. The summed E-state index contributed by atoms with van der Waals surface area (Å²) < 4.78 is 35.6. The molecule has 0 amide bonds. The molecule has 0 atom stereocenters. The van der Waals surface area contributed by atoms with Crippen molar-refractivity contribution in [2.24, 2.45) is 5.10 Å². The third kappa shape index (κ3) is 5.05. The highest BCUT2D eigenvalue weighted by atomic mass is 32.2. The lowest BCUT2D eigenvalue weighted by atomic mass is 10.2. The number of sulfonamides is 1. The van der Waals surface area contributed by atoms with E-state index >= 15 is 0 Å². The molecule has 9 heteroatoms. The number of hydrogen-bond donors (Lipinski definition) is 1. The average molecular weight is 445 g/mol. The van der Waals surface area contributed by atoms with Gasteiger partial charge in [-0.25, -0.2) is 9.63 Å². The number of hydrazone groups is 1. The highest BCUT2D eigenvalue weighted by Gasteiger charge is 2.16. The van der Waals surface area contributed by atoms with Gasteiger partial charge in [-0.15, -0.1) is 11.3 Å². The van der Waals surface area contributed by atoms with Gasteiger partial charge in [0.05, 0.1) is 18.2 Å². The Balaban J connectivity index is 1.74. The van der Waals surface area contributed by atoms with E-state index in [9.17, 15) is 13.2 Å². The molecular formula is C21H20N2O5S2. The zero-order valence-corrected chi connectivity index (χ0v) is 18.2. The van der Waals surface area contributed by atoms with Crippen molar-refractivity contribution < 1.29 is 22.7 Å². The smallest absolute Gasteiger partial charge is 0.353 e. The van der Waals surface area contributed by atoms with Crippen LogP contribution in [0.25, 0.3) is 0 Å². The van der Waals surface area contributed by atoms with Crippen LogP contribution >= 0.6 is 11.3 Å². The first-order chi connectivity index (χ1) is 14.3. The Bertz CT molecular complexity index is 1190. The molecule has 3 rings (SSSR count). The quantitative estimate of drug-likeness (QED) is 0.258. The zero-order chi connectivity index (χ0) is 21.7. The molecule has 0 aliphatic rings. The van der Waals surface area contributed by atoms with Crippen LogP contribution in [0.1, 0.15) is 26.4 Å². The lowest BCUT2D eigenvalue weighted by Crippen LogP contribution is -2.19. The first kappa shape index (κ1) is 21.5. The first-order valence-corrected chi connectivity index (χ1v) is 11.2. The Morgan fingerprint density at radius 2 is 1.90 bits per heavy atom. The largest absolute Gasteiger partial charge is 0.493 e. The highest BCUT2D eigenvalue weighted by Crippen LogP contribution is 2.29. The van der Waals surface area contributed by atoms with Crippen LogP contribution in [0, 0.1) is 13.8 Å². The van der Waals surface area contributed by atoms with E-state index in [2.05, 4.69) is 9.93 Å². The number of carbonyl (C=O) groups excluding carboxylic acids is 1. The number of nitrogens with zero attached hydrogens (tertiary/aromatic N) is 1. The number of hydrogen-bond acceptors (Lipinski definition) is 7. The fourth-order valence-electron chi connectivity index (χ4n) is 2.61. The predicted molar refractivity (Wildman–Crippen MR) is 116 cm³/mol. The third-order valence-electron chi connectivity index (χ3n) is 4.13. The molecule has 0 aliphatic carbocycles. The minimum absolute atomic E-state index is 0.174. The van der Waals surface area contributed by atoms with Gasteiger partial charge < -0.3 is 9.47 Å². The average Bonchev–Trinajstić information content (AvgIpc) is 3.25. The molecule has 156 valence electrons. The van der Waals surface area contributed by atoms with Gasteiger partial charge in [0.1, 0.15) is 4.88 Å². The summed E-state index contributed by atoms with van der Waals surface area (Å²) in [6.45, 7) is 3.54. The van der Waals surface area contributed by atoms with Crippen molar-refractivity contribution in [3.05, 3.63) is 75.5 Å². The topological polar surface area (TPSA) is 94.1 Å². The summed E-state index contributed by atoms with van der Waals surface area (Å²) in [5, 5.41) is 5.63. The number of esters is 1. The molecule has 7 nitrogen and oxygen atoms in total. The number of methoxy groups -OCH3 is 1. The maximum absolute atomic E-state index is 12.5. The van der Waals surface area contributed by atoms with Crippen LogP contribution in [0.15, 0.2) is 63.9 Å². The zero-order valence-electron chi connectivity index (χ0n) is 16.6. The van der Waals surface area contributed by atoms with Gasteiger partial charge in [0.2, 0.25) is 0 Å². The molecule has 0 saturated carbocycles. The van der Waals surface area contributed by atoms with Crippen LogP contribution < -0.4 is 14.3 Å². The van der Waals surface area contributed by atoms with Gasteiger partial charge in [0.15, 0.2) is 11.5 Å². The molecule has 0 fully saturated rings. The molecule has 0 saturated heterocycles. The van der Waals surface area contributed by atoms with E-state index in [4.69, 9.17) is 9.47 Å². The van der Waals surface area contributed by atoms with Gasteiger partial charge in [-0.05, 0) is 66.2 Å². The van der Waals surface area contributed by atoms with E-state index in [1.807, 2.05) is 13.0 Å². The normalized spacial score (nSPS) is 11.4. The van der Waals surface area contributed by atoms with Crippen LogP contribution in [-0.2, 0) is 10.0 Å². The summed E-state index contributed by atoms with van der Waals surface area (Å²) in [6.07, 6.45) is 1.34. The SMILES string of the molecule is COc1cc(/C=N\NS(=O)(=O)c2cc(C)ccc2C)ccc1OC(=O)c1cccs1. The molecule has 0 radical (unpaired) electrons. The predicted octanol–water partition coefficient (Wildman–Crippen LogP) is 3.91. The van der Waals surface area contributed by atoms with Gasteiger partial charge in [-0.2, -0.15) is 13.5 Å². The Morgan fingerprint density at radius 3 is 2.60 bits per heavy atom. The maximum Gasteiger partial charge on any atom is 0.353 e. The maximum atomic E-state index is 12.5. The van der Waals surface area contributed by atoms with Gasteiger partial charge in [-0.3, -0.25) is 0 Å². The van der Waals surface area contributed by atoms with Crippen LogP contribution in [0.4, 0.5) is 0 Å². The van der Waals surface area contributed by atoms with E-state index in [1.54, 1.807) is 54.8 Å². The van der Waals surface area contributed by atoms with Gasteiger partial charge in [0.25, 0.3) is 10.0 Å². The standard InChI is InChI=1S/C21H20N2O5S2/c1-14-6-7-15(2)20(11-14)30(25,26)23-22-13-16-8-9-17(18(12-16)27-3)28-21(24)19-5-4-10-29-19/h4-13,23H,1-3H3/b22-13-. The minimum atomic E-state index is -3.80. The van der Waals surface area contributed by atoms with Crippen molar-refractivity contribution in [2.45, 2.75) is 18.7 Å². The summed E-state index contributed by atoms with van der Waals surface area (Å²) in [5.74, 6) is 0.0938. The monoisotopic (exact) mass is 444 g/mol. The lowest BCUT2D eigenvalue weighted by molar-refractivity contribution is 0.0735. The van der Waals surface area contributed by atoms with Crippen molar-refractivity contribution in [1.29, 1.82) is 0 Å². The molecule has 1 N–H and O–H groups in total. The minimum Gasteiger partial charge on any atom is -0.493 e. The van der Waals surface area contributed by atoms with Crippen molar-refractivity contribution in [3.63, 3.8) is 0 Å². The van der Waals surface area contributed by atoms with Crippen molar-refractivity contribution in [2.75, 3.05) is 7.11 Å². The van der Waals surface area contributed by atoms with E-state index in [-0.39, 0.29) is 10.6 Å². The Morgan fingerprint density at radius 1 is 1.10 bits per heavy atom. The summed E-state index contributed by atoms with van der Waals surface area (Å²) >= 11 is 1.28. The lowest BCUT2D eigenvalue weighted by Gasteiger charge is -2.09. The first-order valence-electron chi connectivity index (χ1n) is 8.86. The van der Waals surface area contributed by atoms with E-state index in [0.29, 0.717) is 21.8 Å². The van der Waals surface area contributed by atoms with E-state index in [0.717, 1.165) is 5.56 Å². The van der Waals surface area contributed by atoms with Crippen LogP contribution in [0.5, 0.6) is 11.5 Å². The summed E-state index contributed by atoms with van der Waals surface area (Å²) in [4.78, 5) is 15.0. The van der Waals surface area contributed by atoms with E-state index < -0.39 is 16.0 Å². The van der Waals surface area contributed by atoms with Crippen LogP contribution in [-0.4, -0.2) is 27.7 Å². The van der Waals surface area contributed by atoms with Crippen molar-refractivity contribution in [3.8, 4) is 11.5 Å². The van der Waals surface area contributed by atoms with Gasteiger partial charge >= 0.3 is 5.97 Å². The van der Waals surface area contributed by atoms with E-state index in [1.165, 1.54) is 24.7 Å². The molecule has 0 spiro atoms. The molecule has 2 aromatic carbocycles. The number of benzene rings is 2. The molecule has 0 unspecified atom stereocenters. The van der Waals surface area contributed by atoms with Crippen molar-refractivity contribution in [1.82, 2.24) is 4.83 Å². The molecule has 3 aromatic rings. The second-order valence-corrected chi connectivity index (χ2v) is 8.98. The molecule has 0 bridgehead atoms. The van der Waals surface area contributed by atoms with Gasteiger partial charge in [-0.1, -0.05) is 18.2 Å². The summed E-state index contributed by atoms with van der Waals surface area (Å²) in [6, 6.07) is 13.4. The Hall–Kier alpha value is -3.17. The molecule has 30 heavy (non-hydrogen) atoms. The second-order valence-electron chi connectivity index (χ2n) is 6.40. The Labute approximate surface area is 179 Å². The van der Waals surface area contributed by atoms with Gasteiger partial charge in [0, 0.05) is 0 Å². The fraction of sp³-hybridized carbons (Fsp3) is 0.143. The number of aryl methyl sites for hydroxylation is 2. The Kier molecular flexibility index (Phi) is 6.53. The number of thiophene rings is 1. The summed E-state index contributed by atoms with van der Waals surface area (Å²) in [7, 11) is -2.35. The number of ether oxygens (including phenoxy) is 2.